The Labute approximate surface area is 147 Å². The lowest BCUT2D eigenvalue weighted by atomic mass is 10.2. The van der Waals surface area contributed by atoms with Crippen LogP contribution in [0.15, 0.2) is 12.1 Å². The fraction of sp³-hybridized carbons (Fsp3) is 0.529. The summed E-state index contributed by atoms with van der Waals surface area (Å²) in [6.07, 6.45) is 0.752. The molecule has 1 aliphatic heterocycles. The molecule has 8 heteroatoms. The van der Waals surface area contributed by atoms with Gasteiger partial charge in [0.2, 0.25) is 11.7 Å². The molecule has 2 rings (SSSR count). The number of nitrogens with zero attached hydrogens (tertiary/aromatic N) is 2. The van der Waals surface area contributed by atoms with Crippen LogP contribution in [0.25, 0.3) is 0 Å². The number of urea groups is 1. The van der Waals surface area contributed by atoms with Gasteiger partial charge in [0.1, 0.15) is 0 Å². The SMILES string of the molecule is COc1cc(NC(=O)N2CCCN(C(C)=O)CC2)cc(OC)c1OC. The van der Waals surface area contributed by atoms with Gasteiger partial charge in [0, 0.05) is 45.2 Å². The van der Waals surface area contributed by atoms with Crippen molar-refractivity contribution in [2.75, 3.05) is 52.8 Å². The molecule has 1 fully saturated rings. The third-order valence-electron chi connectivity index (χ3n) is 4.14. The number of carbonyl (C=O) groups excluding carboxylic acids is 2. The first-order chi connectivity index (χ1) is 12.0. The maximum atomic E-state index is 12.5. The Morgan fingerprint density at radius 3 is 2.00 bits per heavy atom. The Kier molecular flexibility index (Phi) is 6.32. The summed E-state index contributed by atoms with van der Waals surface area (Å²) in [5.41, 5.74) is 0.548. The van der Waals surface area contributed by atoms with Crippen molar-refractivity contribution < 1.29 is 23.8 Å². The minimum absolute atomic E-state index is 0.0342. The van der Waals surface area contributed by atoms with E-state index in [1.165, 1.54) is 21.3 Å². The number of methoxy groups -OCH3 is 3. The lowest BCUT2D eigenvalue weighted by molar-refractivity contribution is -0.128. The summed E-state index contributed by atoms with van der Waals surface area (Å²) in [6, 6.07) is 3.14. The predicted octanol–water partition coefficient (Wildman–Crippen LogP) is 1.80. The average molecular weight is 351 g/mol. The summed E-state index contributed by atoms with van der Waals surface area (Å²) in [5.74, 6) is 1.44. The minimum atomic E-state index is -0.223. The van der Waals surface area contributed by atoms with E-state index in [1.807, 2.05) is 0 Å². The van der Waals surface area contributed by atoms with Crippen molar-refractivity contribution in [3.8, 4) is 17.2 Å². The molecule has 0 aromatic heterocycles. The highest BCUT2D eigenvalue weighted by molar-refractivity contribution is 5.90. The molecule has 1 aliphatic rings. The van der Waals surface area contributed by atoms with E-state index in [1.54, 1.807) is 28.9 Å². The van der Waals surface area contributed by atoms with Crippen LogP contribution in [0, 0.1) is 0 Å². The monoisotopic (exact) mass is 351 g/mol. The smallest absolute Gasteiger partial charge is 0.321 e. The van der Waals surface area contributed by atoms with Gasteiger partial charge in [0.05, 0.1) is 27.0 Å². The van der Waals surface area contributed by atoms with Crippen LogP contribution < -0.4 is 19.5 Å². The molecule has 138 valence electrons. The third-order valence-corrected chi connectivity index (χ3v) is 4.14. The number of carbonyl (C=O) groups is 2. The maximum Gasteiger partial charge on any atom is 0.321 e. The Balaban J connectivity index is 2.11. The second kappa shape index (κ2) is 8.46. The van der Waals surface area contributed by atoms with Crippen molar-refractivity contribution in [3.63, 3.8) is 0 Å². The molecule has 0 spiro atoms. The topological polar surface area (TPSA) is 80.3 Å². The zero-order valence-corrected chi connectivity index (χ0v) is 15.1. The van der Waals surface area contributed by atoms with Crippen LogP contribution in [-0.2, 0) is 4.79 Å². The molecule has 0 aliphatic carbocycles. The number of benzene rings is 1. The van der Waals surface area contributed by atoms with Crippen LogP contribution in [0.3, 0.4) is 0 Å². The Morgan fingerprint density at radius 1 is 0.920 bits per heavy atom. The van der Waals surface area contributed by atoms with Crippen LogP contribution in [0.4, 0.5) is 10.5 Å². The molecular formula is C17H25N3O5. The minimum Gasteiger partial charge on any atom is -0.493 e. The molecule has 0 bridgehead atoms. The molecule has 3 amide bonds. The molecule has 8 nitrogen and oxygen atoms in total. The van der Waals surface area contributed by atoms with E-state index in [2.05, 4.69) is 5.32 Å². The van der Waals surface area contributed by atoms with Crippen molar-refractivity contribution in [2.24, 2.45) is 0 Å². The summed E-state index contributed by atoms with van der Waals surface area (Å²) in [6.45, 7) is 3.85. The van der Waals surface area contributed by atoms with E-state index >= 15 is 0 Å². The molecule has 1 heterocycles. The van der Waals surface area contributed by atoms with Gasteiger partial charge in [-0.1, -0.05) is 0 Å². The molecule has 0 atom stereocenters. The van der Waals surface area contributed by atoms with E-state index in [4.69, 9.17) is 14.2 Å². The van der Waals surface area contributed by atoms with E-state index in [9.17, 15) is 9.59 Å². The fourth-order valence-corrected chi connectivity index (χ4v) is 2.79. The van der Waals surface area contributed by atoms with Crippen molar-refractivity contribution >= 4 is 17.6 Å². The van der Waals surface area contributed by atoms with Gasteiger partial charge in [0.15, 0.2) is 11.5 Å². The van der Waals surface area contributed by atoms with Crippen LogP contribution in [0.2, 0.25) is 0 Å². The lowest BCUT2D eigenvalue weighted by Gasteiger charge is -2.22. The van der Waals surface area contributed by atoms with E-state index in [0.717, 1.165) is 6.42 Å². The van der Waals surface area contributed by atoms with Gasteiger partial charge in [-0.2, -0.15) is 0 Å². The standard InChI is InChI=1S/C17H25N3O5/c1-12(21)19-6-5-7-20(9-8-19)17(22)18-13-10-14(23-2)16(25-4)15(11-13)24-3/h10-11H,5-9H2,1-4H3,(H,18,22). The van der Waals surface area contributed by atoms with Gasteiger partial charge in [0.25, 0.3) is 0 Å². The van der Waals surface area contributed by atoms with Gasteiger partial charge in [-0.15, -0.1) is 0 Å². The molecule has 0 saturated carbocycles. The van der Waals surface area contributed by atoms with E-state index < -0.39 is 0 Å². The first-order valence-electron chi connectivity index (χ1n) is 8.11. The zero-order valence-electron chi connectivity index (χ0n) is 15.1. The number of rotatable bonds is 4. The van der Waals surface area contributed by atoms with Gasteiger partial charge in [-0.05, 0) is 6.42 Å². The number of hydrogen-bond acceptors (Lipinski definition) is 5. The molecular weight excluding hydrogens is 326 g/mol. The van der Waals surface area contributed by atoms with Crippen LogP contribution in [-0.4, -0.2) is 69.2 Å². The van der Waals surface area contributed by atoms with Gasteiger partial charge in [-0.25, -0.2) is 4.79 Å². The summed E-state index contributed by atoms with van der Waals surface area (Å²) in [4.78, 5) is 27.5. The lowest BCUT2D eigenvalue weighted by Crippen LogP contribution is -2.38. The highest BCUT2D eigenvalue weighted by Gasteiger charge is 2.21. The van der Waals surface area contributed by atoms with Crippen molar-refractivity contribution in [2.45, 2.75) is 13.3 Å². The second-order valence-electron chi connectivity index (χ2n) is 5.69. The molecule has 1 aromatic rings. The average Bonchev–Trinajstić information content (AvgIpc) is 2.87. The summed E-state index contributed by atoms with van der Waals surface area (Å²) < 4.78 is 15.9. The van der Waals surface area contributed by atoms with Gasteiger partial charge >= 0.3 is 6.03 Å². The fourth-order valence-electron chi connectivity index (χ4n) is 2.79. The van der Waals surface area contributed by atoms with Crippen LogP contribution in [0.5, 0.6) is 17.2 Å². The number of amides is 3. The summed E-state index contributed by atoms with van der Waals surface area (Å²) in [7, 11) is 4.57. The molecule has 1 aromatic carbocycles. The van der Waals surface area contributed by atoms with Crippen molar-refractivity contribution in [1.82, 2.24) is 9.80 Å². The highest BCUT2D eigenvalue weighted by atomic mass is 16.5. The Hall–Kier alpha value is -2.64. The molecule has 0 unspecified atom stereocenters. The number of ether oxygens (including phenoxy) is 3. The van der Waals surface area contributed by atoms with E-state index in [-0.39, 0.29) is 11.9 Å². The molecule has 1 N–H and O–H groups in total. The van der Waals surface area contributed by atoms with Gasteiger partial charge in [-0.3, -0.25) is 4.79 Å². The van der Waals surface area contributed by atoms with E-state index in [0.29, 0.717) is 49.1 Å². The largest absolute Gasteiger partial charge is 0.493 e. The van der Waals surface area contributed by atoms with Crippen molar-refractivity contribution in [1.29, 1.82) is 0 Å². The normalized spacial score (nSPS) is 14.6. The highest BCUT2D eigenvalue weighted by Crippen LogP contribution is 2.39. The predicted molar refractivity (Wildman–Crippen MR) is 93.6 cm³/mol. The van der Waals surface area contributed by atoms with Gasteiger partial charge < -0.3 is 29.3 Å². The second-order valence-corrected chi connectivity index (χ2v) is 5.69. The number of nitrogens with one attached hydrogen (secondary N) is 1. The maximum absolute atomic E-state index is 12.5. The Bertz CT molecular complexity index is 610. The summed E-state index contributed by atoms with van der Waals surface area (Å²) in [5, 5.41) is 2.85. The van der Waals surface area contributed by atoms with Crippen molar-refractivity contribution in [3.05, 3.63) is 12.1 Å². The van der Waals surface area contributed by atoms with Crippen LogP contribution in [0.1, 0.15) is 13.3 Å². The van der Waals surface area contributed by atoms with Crippen LogP contribution >= 0.6 is 0 Å². The number of anilines is 1. The zero-order chi connectivity index (χ0) is 18.4. The third kappa shape index (κ3) is 4.46. The molecule has 1 saturated heterocycles. The quantitative estimate of drug-likeness (QED) is 0.895. The number of hydrogen-bond donors (Lipinski definition) is 1. The first-order valence-corrected chi connectivity index (χ1v) is 8.11. The molecule has 0 radical (unpaired) electrons. The first kappa shape index (κ1) is 18.7. The molecule has 25 heavy (non-hydrogen) atoms. The summed E-state index contributed by atoms with van der Waals surface area (Å²) >= 11 is 0. The Morgan fingerprint density at radius 2 is 1.48 bits per heavy atom.